The molecule has 1 unspecified atom stereocenters. The number of anilines is 2. The predicted octanol–water partition coefficient (Wildman–Crippen LogP) is 3.72. The van der Waals surface area contributed by atoms with Crippen molar-refractivity contribution in [3.05, 3.63) is 66.5 Å². The molecule has 5 rings (SSSR count). The summed E-state index contributed by atoms with van der Waals surface area (Å²) >= 11 is 0. The van der Waals surface area contributed by atoms with Crippen molar-refractivity contribution >= 4 is 17.5 Å². The minimum absolute atomic E-state index is 0.164. The second-order valence-corrected chi connectivity index (χ2v) is 8.95. The molecule has 2 aromatic carbocycles. The number of hydrogen-bond acceptors (Lipinski definition) is 7. The third-order valence-corrected chi connectivity index (χ3v) is 6.58. The third-order valence-electron chi connectivity index (χ3n) is 6.58. The first-order valence-electron chi connectivity index (χ1n) is 12.1. The lowest BCUT2D eigenvalue weighted by molar-refractivity contribution is -0.142. The van der Waals surface area contributed by atoms with Crippen molar-refractivity contribution in [3.8, 4) is 16.9 Å². The molecule has 3 heterocycles. The van der Waals surface area contributed by atoms with E-state index in [1.165, 1.54) is 5.56 Å². The smallest absolute Gasteiger partial charge is 0.251 e. The van der Waals surface area contributed by atoms with E-state index in [4.69, 9.17) is 9.47 Å². The third kappa shape index (κ3) is 5.78. The molecule has 1 amide bonds. The van der Waals surface area contributed by atoms with Gasteiger partial charge in [0.2, 0.25) is 5.95 Å². The number of benzene rings is 2. The zero-order chi connectivity index (χ0) is 24.0. The highest BCUT2D eigenvalue weighted by Crippen LogP contribution is 2.23. The fourth-order valence-corrected chi connectivity index (χ4v) is 4.51. The Morgan fingerprint density at radius 1 is 1.00 bits per heavy atom. The molecule has 0 bridgehead atoms. The average Bonchev–Trinajstić information content (AvgIpc) is 3.46. The van der Waals surface area contributed by atoms with Gasteiger partial charge in [0.25, 0.3) is 5.91 Å². The molecule has 8 heteroatoms. The van der Waals surface area contributed by atoms with Crippen LogP contribution in [0.1, 0.15) is 18.4 Å². The molecule has 35 heavy (non-hydrogen) atoms. The molecule has 2 aliphatic rings. The van der Waals surface area contributed by atoms with Gasteiger partial charge in [0.15, 0.2) is 0 Å². The summed E-state index contributed by atoms with van der Waals surface area (Å²) in [6, 6.07) is 16.2. The Balaban J connectivity index is 1.11. The highest BCUT2D eigenvalue weighted by Gasteiger charge is 2.30. The van der Waals surface area contributed by atoms with E-state index >= 15 is 0 Å². The number of carbonyl (C=O) groups is 1. The van der Waals surface area contributed by atoms with Crippen LogP contribution in [-0.2, 0) is 16.1 Å². The van der Waals surface area contributed by atoms with Crippen LogP contribution in [0.2, 0.25) is 0 Å². The van der Waals surface area contributed by atoms with E-state index in [1.54, 1.807) is 7.11 Å². The van der Waals surface area contributed by atoms with Gasteiger partial charge in [-0.1, -0.05) is 24.3 Å². The number of rotatable bonds is 7. The zero-order valence-electron chi connectivity index (χ0n) is 20.0. The van der Waals surface area contributed by atoms with E-state index < -0.39 is 0 Å². The minimum Gasteiger partial charge on any atom is -0.497 e. The van der Waals surface area contributed by atoms with Gasteiger partial charge in [0.1, 0.15) is 11.9 Å². The van der Waals surface area contributed by atoms with Crippen LogP contribution in [0.15, 0.2) is 60.9 Å². The standard InChI is InChI=1S/C27H31N5O3/c1-34-24-10-6-21(7-11-24)22-17-28-27(29-18-22)30-23-8-4-20(5-9-23)19-31-12-14-32(15-13-31)26(33)25-3-2-16-35-25/h4-11,17-18,25H,2-3,12-16,19H2,1H3,(H,28,29,30). The fourth-order valence-electron chi connectivity index (χ4n) is 4.51. The maximum atomic E-state index is 12.5. The van der Waals surface area contributed by atoms with Gasteiger partial charge in [0.05, 0.1) is 7.11 Å². The van der Waals surface area contributed by atoms with Crippen molar-refractivity contribution in [2.45, 2.75) is 25.5 Å². The van der Waals surface area contributed by atoms with Crippen LogP contribution < -0.4 is 10.1 Å². The number of hydrogen-bond donors (Lipinski definition) is 1. The second kappa shape index (κ2) is 10.8. The van der Waals surface area contributed by atoms with Crippen molar-refractivity contribution in [1.29, 1.82) is 0 Å². The van der Waals surface area contributed by atoms with E-state index in [9.17, 15) is 4.79 Å². The van der Waals surface area contributed by atoms with Gasteiger partial charge in [-0.15, -0.1) is 0 Å². The SMILES string of the molecule is COc1ccc(-c2cnc(Nc3ccc(CN4CCN(C(=O)C5CCCO5)CC4)cc3)nc2)cc1. The number of nitrogens with one attached hydrogen (secondary N) is 1. The highest BCUT2D eigenvalue weighted by molar-refractivity contribution is 5.81. The molecule has 2 saturated heterocycles. The Labute approximate surface area is 205 Å². The Kier molecular flexibility index (Phi) is 7.20. The summed E-state index contributed by atoms with van der Waals surface area (Å²) in [6.45, 7) is 4.88. The van der Waals surface area contributed by atoms with E-state index in [2.05, 4.69) is 32.3 Å². The van der Waals surface area contributed by atoms with Gasteiger partial charge >= 0.3 is 0 Å². The lowest BCUT2D eigenvalue weighted by atomic mass is 10.1. The lowest BCUT2D eigenvalue weighted by Crippen LogP contribution is -2.51. The van der Waals surface area contributed by atoms with E-state index in [0.29, 0.717) is 12.6 Å². The number of carbonyl (C=O) groups excluding carboxylic acids is 1. The molecule has 0 spiro atoms. The molecule has 3 aromatic rings. The number of methoxy groups -OCH3 is 1. The number of aromatic nitrogens is 2. The topological polar surface area (TPSA) is 79.8 Å². The van der Waals surface area contributed by atoms with Gasteiger partial charge in [-0.3, -0.25) is 9.69 Å². The van der Waals surface area contributed by atoms with Crippen LogP contribution >= 0.6 is 0 Å². The number of nitrogens with zero attached hydrogens (tertiary/aromatic N) is 4. The Bertz CT molecular complexity index is 1110. The van der Waals surface area contributed by atoms with Gasteiger partial charge in [0, 0.05) is 63.0 Å². The fraction of sp³-hybridized carbons (Fsp3) is 0.370. The molecule has 182 valence electrons. The van der Waals surface area contributed by atoms with Gasteiger partial charge in [-0.05, 0) is 48.2 Å². The van der Waals surface area contributed by atoms with Crippen LogP contribution in [0.4, 0.5) is 11.6 Å². The summed E-state index contributed by atoms with van der Waals surface area (Å²) in [7, 11) is 1.66. The van der Waals surface area contributed by atoms with Crippen LogP contribution in [0.5, 0.6) is 5.75 Å². The summed E-state index contributed by atoms with van der Waals surface area (Å²) in [4.78, 5) is 25.8. The first-order valence-corrected chi connectivity index (χ1v) is 12.1. The number of ether oxygens (including phenoxy) is 2. The molecule has 2 aliphatic heterocycles. The van der Waals surface area contributed by atoms with Crippen LogP contribution in [0.3, 0.4) is 0 Å². The molecule has 0 radical (unpaired) electrons. The van der Waals surface area contributed by atoms with Crippen molar-refractivity contribution in [1.82, 2.24) is 19.8 Å². The molecular weight excluding hydrogens is 442 g/mol. The molecular formula is C27H31N5O3. The molecule has 2 fully saturated rings. The summed E-state index contributed by atoms with van der Waals surface area (Å²) < 4.78 is 10.8. The molecule has 8 nitrogen and oxygen atoms in total. The van der Waals surface area contributed by atoms with Crippen LogP contribution in [-0.4, -0.2) is 71.7 Å². The van der Waals surface area contributed by atoms with Crippen molar-refractivity contribution in [2.75, 3.05) is 45.2 Å². The molecule has 0 saturated carbocycles. The second-order valence-electron chi connectivity index (χ2n) is 8.95. The lowest BCUT2D eigenvalue weighted by Gasteiger charge is -2.35. The first kappa shape index (κ1) is 23.3. The molecule has 1 atom stereocenters. The van der Waals surface area contributed by atoms with Crippen molar-refractivity contribution in [3.63, 3.8) is 0 Å². The van der Waals surface area contributed by atoms with Gasteiger partial charge < -0.3 is 19.7 Å². The van der Waals surface area contributed by atoms with E-state index in [0.717, 1.165) is 68.1 Å². The van der Waals surface area contributed by atoms with Crippen LogP contribution in [0.25, 0.3) is 11.1 Å². The van der Waals surface area contributed by atoms with E-state index in [1.807, 2.05) is 53.7 Å². The van der Waals surface area contributed by atoms with Gasteiger partial charge in [-0.25, -0.2) is 9.97 Å². The summed E-state index contributed by atoms with van der Waals surface area (Å²) in [5.41, 5.74) is 4.17. The summed E-state index contributed by atoms with van der Waals surface area (Å²) in [5.74, 6) is 1.54. The highest BCUT2D eigenvalue weighted by atomic mass is 16.5. The van der Waals surface area contributed by atoms with E-state index in [-0.39, 0.29) is 12.0 Å². The number of amides is 1. The summed E-state index contributed by atoms with van der Waals surface area (Å²) in [6.07, 6.45) is 5.26. The number of piperazine rings is 1. The quantitative estimate of drug-likeness (QED) is 0.560. The maximum Gasteiger partial charge on any atom is 0.251 e. The first-order chi connectivity index (χ1) is 17.2. The Hall–Kier alpha value is -3.49. The predicted molar refractivity (Wildman–Crippen MR) is 135 cm³/mol. The molecule has 1 aromatic heterocycles. The average molecular weight is 474 g/mol. The normalized spacial score (nSPS) is 18.4. The zero-order valence-corrected chi connectivity index (χ0v) is 20.0. The summed E-state index contributed by atoms with van der Waals surface area (Å²) in [5, 5.41) is 3.26. The monoisotopic (exact) mass is 473 g/mol. The van der Waals surface area contributed by atoms with Crippen LogP contribution in [0, 0.1) is 0 Å². The minimum atomic E-state index is -0.218. The molecule has 1 N–H and O–H groups in total. The molecule has 0 aliphatic carbocycles. The largest absolute Gasteiger partial charge is 0.497 e. The Morgan fingerprint density at radius 3 is 2.34 bits per heavy atom. The van der Waals surface area contributed by atoms with Gasteiger partial charge in [-0.2, -0.15) is 0 Å². The Morgan fingerprint density at radius 2 is 1.71 bits per heavy atom. The van der Waals surface area contributed by atoms with Crippen molar-refractivity contribution in [2.24, 2.45) is 0 Å². The maximum absolute atomic E-state index is 12.5. The van der Waals surface area contributed by atoms with Crippen molar-refractivity contribution < 1.29 is 14.3 Å².